The molecule has 2 aliphatic rings. The van der Waals surface area contributed by atoms with Crippen LogP contribution < -0.4 is 26.5 Å². The molecule has 2 saturated heterocycles. The molecule has 298 valence electrons. The van der Waals surface area contributed by atoms with Crippen LogP contribution in [0, 0.1) is 7.43 Å². The maximum atomic E-state index is 13.4. The smallest absolute Gasteiger partial charge is 1.00 e. The Morgan fingerprint density at radius 2 is 1.02 bits per heavy atom. The Morgan fingerprint density at radius 3 is 1.36 bits per heavy atom. The largest absolute Gasteiger partial charge is 2.00 e. The molecule has 0 bridgehead atoms. The van der Waals surface area contributed by atoms with Gasteiger partial charge in [-0.1, -0.05) is 24.3 Å². The first kappa shape index (κ1) is 48.3. The van der Waals surface area contributed by atoms with Gasteiger partial charge >= 0.3 is 35.4 Å². The van der Waals surface area contributed by atoms with Crippen molar-refractivity contribution in [2.45, 2.75) is 31.9 Å². The Hall–Kier alpha value is -3.89. The van der Waals surface area contributed by atoms with Crippen molar-refractivity contribution in [3.63, 3.8) is 0 Å². The fourth-order valence-electron chi connectivity index (χ4n) is 4.87. The van der Waals surface area contributed by atoms with Gasteiger partial charge in [-0.25, -0.2) is 15.0 Å². The number of rotatable bonds is 9. The Morgan fingerprint density at radius 1 is 0.661 bits per heavy atom. The first-order valence-electron chi connectivity index (χ1n) is 15.7. The standard InChI is InChI=1S/C18H17F3N2O5.C17H14F3NO4.CH3.BrH.Mg/c1-23(25-2)16(24)13-7-8-14(22-15(13)18(19,20)21)28-12-5-3-11(4-6-12)17-26-9-10-27-17;1-10(22)13-6-7-14(21-15(13)17(18,19)20)25-12-4-2-11(3-5-12)16-23-8-9-24-16;;;/h3-8,17H,9-10H2,1-2H3;2-7,16H,8-9H2,1H3;1H3;1H;/q;;-1;;+2/p-1. The number of pyridine rings is 2. The van der Waals surface area contributed by atoms with Gasteiger partial charge in [-0.2, -0.15) is 26.3 Å². The number of aromatic nitrogens is 2. The average molecular weight is 871 g/mol. The maximum absolute atomic E-state index is 13.4. The van der Waals surface area contributed by atoms with Gasteiger partial charge in [-0.15, -0.1) is 0 Å². The fraction of sp³-hybridized carbons (Fsp3) is 0.306. The van der Waals surface area contributed by atoms with Gasteiger partial charge in [-0.05, 0) is 43.3 Å². The Kier molecular flexibility index (Phi) is 18.1. The predicted octanol–water partition coefficient (Wildman–Crippen LogP) is 4.79. The number of ketones is 1. The summed E-state index contributed by atoms with van der Waals surface area (Å²) < 4.78 is 111. The third-order valence-corrected chi connectivity index (χ3v) is 7.44. The Labute approximate surface area is 344 Å². The number of alkyl halides is 6. The molecular formula is C36H34BrF6MgN3O9. The second-order valence-electron chi connectivity index (χ2n) is 11.1. The Bertz CT molecular complexity index is 1890. The number of nitrogens with zero attached hydrogens (tertiary/aromatic N) is 3. The van der Waals surface area contributed by atoms with E-state index in [9.17, 15) is 35.9 Å². The number of hydrogen-bond acceptors (Lipinski definition) is 11. The van der Waals surface area contributed by atoms with Crippen molar-refractivity contribution in [1.82, 2.24) is 15.0 Å². The molecule has 0 N–H and O–H groups in total. The van der Waals surface area contributed by atoms with Gasteiger partial charge < -0.3 is 52.8 Å². The van der Waals surface area contributed by atoms with Crippen molar-refractivity contribution in [2.75, 3.05) is 40.6 Å². The molecule has 0 unspecified atom stereocenters. The molecule has 12 nitrogen and oxygen atoms in total. The van der Waals surface area contributed by atoms with Crippen LogP contribution in [0.4, 0.5) is 26.3 Å². The number of ether oxygens (including phenoxy) is 6. The van der Waals surface area contributed by atoms with Crippen molar-refractivity contribution in [1.29, 1.82) is 0 Å². The molecular weight excluding hydrogens is 837 g/mol. The monoisotopic (exact) mass is 869 g/mol. The van der Waals surface area contributed by atoms with Crippen LogP contribution in [0.25, 0.3) is 0 Å². The van der Waals surface area contributed by atoms with Crippen LogP contribution in [0.15, 0.2) is 72.8 Å². The normalized spacial score (nSPS) is 14.3. The van der Waals surface area contributed by atoms with Gasteiger partial charge in [0.2, 0.25) is 11.8 Å². The van der Waals surface area contributed by atoms with Gasteiger partial charge in [-0.3, -0.25) is 14.4 Å². The number of benzene rings is 2. The van der Waals surface area contributed by atoms with Crippen LogP contribution in [0.2, 0.25) is 0 Å². The van der Waals surface area contributed by atoms with Crippen molar-refractivity contribution in [3.8, 4) is 23.3 Å². The SMILES string of the molecule is CC(=O)c1ccc(Oc2ccc(C3OCCO3)cc2)nc1C(F)(F)F.CON(C)C(=O)c1ccc(Oc2ccc(C3OCCO3)cc2)nc1C(F)(F)F.[Br-].[CH3-].[Mg+2]. The van der Waals surface area contributed by atoms with E-state index in [1.54, 1.807) is 48.5 Å². The summed E-state index contributed by atoms with van der Waals surface area (Å²) in [6.07, 6.45) is -10.5. The van der Waals surface area contributed by atoms with E-state index in [0.717, 1.165) is 30.2 Å². The fourth-order valence-corrected chi connectivity index (χ4v) is 4.87. The van der Waals surface area contributed by atoms with E-state index in [0.29, 0.717) is 37.2 Å². The van der Waals surface area contributed by atoms with Gasteiger partial charge in [0.05, 0.1) is 39.1 Å². The first-order valence-corrected chi connectivity index (χ1v) is 15.7. The molecule has 0 aliphatic carbocycles. The molecule has 2 aromatic carbocycles. The molecule has 2 aliphatic heterocycles. The third-order valence-electron chi connectivity index (χ3n) is 7.44. The van der Waals surface area contributed by atoms with E-state index in [4.69, 9.17) is 28.4 Å². The zero-order valence-corrected chi connectivity index (χ0v) is 33.3. The molecule has 2 aromatic heterocycles. The first-order chi connectivity index (χ1) is 25.1. The van der Waals surface area contributed by atoms with E-state index in [-0.39, 0.29) is 65.0 Å². The summed E-state index contributed by atoms with van der Waals surface area (Å²) in [5.74, 6) is -1.67. The number of carbonyl (C=O) groups is 2. The predicted molar refractivity (Wildman–Crippen MR) is 182 cm³/mol. The molecule has 0 atom stereocenters. The summed E-state index contributed by atoms with van der Waals surface area (Å²) in [5, 5.41) is 0.679. The minimum atomic E-state index is -4.85. The Balaban J connectivity index is 0.000000369. The van der Waals surface area contributed by atoms with Crippen molar-refractivity contribution in [3.05, 3.63) is 114 Å². The average Bonchev–Trinajstić information content (AvgIpc) is 3.87. The number of amides is 1. The quantitative estimate of drug-likeness (QED) is 0.0759. The summed E-state index contributed by atoms with van der Waals surface area (Å²) >= 11 is 0. The van der Waals surface area contributed by atoms with Crippen LogP contribution in [0.5, 0.6) is 23.3 Å². The molecule has 4 aromatic rings. The zero-order chi connectivity index (χ0) is 38.3. The number of Topliss-reactive ketones (excluding diaryl/α,β-unsaturated/α-hetero) is 1. The molecule has 2 fully saturated rings. The second-order valence-corrected chi connectivity index (χ2v) is 11.1. The number of carbonyl (C=O) groups excluding carboxylic acids is 2. The summed E-state index contributed by atoms with van der Waals surface area (Å²) in [5.41, 5.74) is -2.22. The van der Waals surface area contributed by atoms with Crippen molar-refractivity contribution in [2.24, 2.45) is 0 Å². The van der Waals surface area contributed by atoms with Crippen molar-refractivity contribution >= 4 is 34.7 Å². The molecule has 56 heavy (non-hydrogen) atoms. The summed E-state index contributed by atoms with van der Waals surface area (Å²) in [6.45, 7) is 3.07. The molecule has 0 radical (unpaired) electrons. The van der Waals surface area contributed by atoms with Crippen LogP contribution in [0.3, 0.4) is 0 Å². The summed E-state index contributed by atoms with van der Waals surface area (Å²) in [6, 6.07) is 17.5. The van der Waals surface area contributed by atoms with Crippen LogP contribution >= 0.6 is 0 Å². The molecule has 0 saturated carbocycles. The summed E-state index contributed by atoms with van der Waals surface area (Å²) in [7, 11) is 2.37. The molecule has 0 spiro atoms. The van der Waals surface area contributed by atoms with E-state index in [2.05, 4.69) is 14.8 Å². The molecule has 6 rings (SSSR count). The van der Waals surface area contributed by atoms with E-state index in [1.807, 2.05) is 0 Å². The van der Waals surface area contributed by atoms with Gasteiger partial charge in [0.15, 0.2) is 29.8 Å². The topological polar surface area (TPSA) is 128 Å². The second kappa shape index (κ2) is 21.0. The number of hydrogen-bond donors (Lipinski definition) is 0. The zero-order valence-electron chi connectivity index (χ0n) is 30.3. The van der Waals surface area contributed by atoms with Crippen LogP contribution in [-0.2, 0) is 36.1 Å². The van der Waals surface area contributed by atoms with Gasteiger partial charge in [0.1, 0.15) is 11.5 Å². The van der Waals surface area contributed by atoms with Crippen LogP contribution in [-0.4, -0.2) is 90.4 Å². The molecule has 1 amide bonds. The minimum absolute atomic E-state index is 0. The third kappa shape index (κ3) is 12.6. The van der Waals surface area contributed by atoms with Gasteiger partial charge in [0, 0.05) is 35.9 Å². The summed E-state index contributed by atoms with van der Waals surface area (Å²) in [4.78, 5) is 35.0. The number of hydroxylamine groups is 2. The van der Waals surface area contributed by atoms with Crippen molar-refractivity contribution < 1.29 is 86.2 Å². The van der Waals surface area contributed by atoms with E-state index >= 15 is 0 Å². The maximum Gasteiger partial charge on any atom is 2.00 e. The molecule has 20 heteroatoms. The minimum Gasteiger partial charge on any atom is -1.00 e. The van der Waals surface area contributed by atoms with Gasteiger partial charge in [0.25, 0.3) is 5.91 Å². The molecule has 4 heterocycles. The van der Waals surface area contributed by atoms with E-state index < -0.39 is 59.1 Å². The van der Waals surface area contributed by atoms with Crippen LogP contribution in [0.1, 0.15) is 62.7 Å². The number of halogens is 7. The van der Waals surface area contributed by atoms with E-state index in [1.165, 1.54) is 26.3 Å².